The molecule has 0 spiro atoms. The van der Waals surface area contributed by atoms with Crippen molar-refractivity contribution in [2.45, 2.75) is 26.1 Å². The van der Waals surface area contributed by atoms with Crippen LogP contribution >= 0.6 is 23.2 Å². The van der Waals surface area contributed by atoms with Gasteiger partial charge in [0.2, 0.25) is 0 Å². The number of hydrogen-bond acceptors (Lipinski definition) is 6. The lowest BCUT2D eigenvalue weighted by Gasteiger charge is -2.15. The molecule has 5 aromatic rings. The van der Waals surface area contributed by atoms with Crippen LogP contribution in [0.3, 0.4) is 0 Å². The fourth-order valence-corrected chi connectivity index (χ4v) is 6.46. The molecule has 1 fully saturated rings. The molecule has 2 aliphatic rings. The van der Waals surface area contributed by atoms with E-state index in [1.165, 1.54) is 21.7 Å². The number of hydrogen-bond donors (Lipinski definition) is 0. The third-order valence-corrected chi connectivity index (χ3v) is 8.76. The van der Waals surface area contributed by atoms with Gasteiger partial charge in [-0.15, -0.1) is 0 Å². The molecule has 0 bridgehead atoms. The maximum absolute atomic E-state index is 12.5. The average molecular weight is 610 g/mol. The van der Waals surface area contributed by atoms with Crippen molar-refractivity contribution in [3.63, 3.8) is 0 Å². The van der Waals surface area contributed by atoms with Gasteiger partial charge >= 0.3 is 0 Å². The number of fused-ring (bicyclic) bond motifs is 2. The van der Waals surface area contributed by atoms with Crippen LogP contribution in [0.1, 0.15) is 51.1 Å². The van der Waals surface area contributed by atoms with E-state index in [1.54, 1.807) is 18.3 Å². The molecule has 0 atom stereocenters. The summed E-state index contributed by atoms with van der Waals surface area (Å²) in [7, 11) is 0. The molecule has 0 N–H and O–H groups in total. The molecule has 7 nitrogen and oxygen atoms in total. The summed E-state index contributed by atoms with van der Waals surface area (Å²) in [5.41, 5.74) is 9.62. The second-order valence-electron chi connectivity index (χ2n) is 10.6. The van der Waals surface area contributed by atoms with Gasteiger partial charge in [-0.2, -0.15) is 0 Å². The number of ether oxygens (including phenoxy) is 2. The van der Waals surface area contributed by atoms with E-state index in [1.807, 2.05) is 37.3 Å². The van der Waals surface area contributed by atoms with Crippen LogP contribution in [0.5, 0.6) is 0 Å². The van der Waals surface area contributed by atoms with Crippen molar-refractivity contribution in [3.8, 4) is 22.3 Å². The summed E-state index contributed by atoms with van der Waals surface area (Å²) in [5, 5.41) is 1.17. The zero-order chi connectivity index (χ0) is 29.7. The highest BCUT2D eigenvalue weighted by atomic mass is 35.5. The van der Waals surface area contributed by atoms with E-state index in [0.29, 0.717) is 35.2 Å². The van der Waals surface area contributed by atoms with Gasteiger partial charge in [0, 0.05) is 34.8 Å². The van der Waals surface area contributed by atoms with Crippen molar-refractivity contribution in [1.29, 1.82) is 0 Å². The van der Waals surface area contributed by atoms with Crippen molar-refractivity contribution < 1.29 is 14.3 Å². The zero-order valence-electron chi connectivity index (χ0n) is 23.1. The largest absolute Gasteiger partial charge is 0.346 e. The van der Waals surface area contributed by atoms with E-state index in [0.717, 1.165) is 57.6 Å². The van der Waals surface area contributed by atoms with Crippen LogP contribution in [0, 0.1) is 6.92 Å². The third kappa shape index (κ3) is 4.88. The maximum atomic E-state index is 12.5. The molecule has 0 amide bonds. The Morgan fingerprint density at radius 2 is 1.70 bits per heavy atom. The Morgan fingerprint density at radius 3 is 2.49 bits per heavy atom. The second kappa shape index (κ2) is 11.2. The van der Waals surface area contributed by atoms with E-state index < -0.39 is 11.8 Å². The van der Waals surface area contributed by atoms with Crippen LogP contribution in [0.4, 0.5) is 0 Å². The molecule has 0 unspecified atom stereocenters. The minimum atomic E-state index is -0.425. The van der Waals surface area contributed by atoms with Crippen LogP contribution in [0.2, 0.25) is 10.0 Å². The molecule has 1 aliphatic heterocycles. The van der Waals surface area contributed by atoms with E-state index in [4.69, 9.17) is 37.7 Å². The predicted octanol–water partition coefficient (Wildman–Crippen LogP) is 7.38. The number of carbonyl (C=O) groups excluding carboxylic acids is 1. The number of aromatic nitrogens is 3. The molecule has 0 saturated carbocycles. The Labute approximate surface area is 257 Å². The number of aryl methyl sites for hydroxylation is 1. The standard InChI is InChI=1S/C34H25Cl2N3O4/c1-19-28(34-42-12-13-43-34)16-29(35)30(38-19)14-20-8-9-26-23(20)4-2-6-25(26)27-7-3-5-24(32(27)36)21-10-11-39-31(15-21)37-17-22(18-40)33(39)41/h2-7,10-11,14-18,34H,8-9,12-13H2,1H3/b20-14+. The van der Waals surface area contributed by atoms with Crippen molar-refractivity contribution in [3.05, 3.63) is 121 Å². The Hall–Kier alpha value is -4.14. The third-order valence-electron chi connectivity index (χ3n) is 8.05. The molecule has 1 saturated heterocycles. The fraction of sp³-hybridized carbons (Fsp3) is 0.176. The molecule has 9 heteroatoms. The minimum Gasteiger partial charge on any atom is -0.346 e. The molecule has 2 aromatic carbocycles. The van der Waals surface area contributed by atoms with Gasteiger partial charge in [0.25, 0.3) is 5.56 Å². The van der Waals surface area contributed by atoms with E-state index in [-0.39, 0.29) is 5.56 Å². The quantitative estimate of drug-likeness (QED) is 0.193. The smallest absolute Gasteiger partial charge is 0.268 e. The second-order valence-corrected chi connectivity index (χ2v) is 11.3. The predicted molar refractivity (Wildman–Crippen MR) is 168 cm³/mol. The molecule has 43 heavy (non-hydrogen) atoms. The first-order valence-electron chi connectivity index (χ1n) is 13.9. The lowest BCUT2D eigenvalue weighted by atomic mass is 9.93. The first-order valence-corrected chi connectivity index (χ1v) is 14.7. The maximum Gasteiger partial charge on any atom is 0.268 e. The van der Waals surface area contributed by atoms with Crippen LogP contribution in [-0.4, -0.2) is 33.9 Å². The van der Waals surface area contributed by atoms with Crippen molar-refractivity contribution in [2.75, 3.05) is 13.2 Å². The lowest BCUT2D eigenvalue weighted by Crippen LogP contribution is -2.18. The van der Waals surface area contributed by atoms with Crippen LogP contribution in [0.25, 0.3) is 39.6 Å². The van der Waals surface area contributed by atoms with E-state index in [9.17, 15) is 9.59 Å². The van der Waals surface area contributed by atoms with Gasteiger partial charge in [-0.3, -0.25) is 19.0 Å². The minimum absolute atomic E-state index is 0.00936. The van der Waals surface area contributed by atoms with Crippen molar-refractivity contribution >= 4 is 46.8 Å². The van der Waals surface area contributed by atoms with Crippen molar-refractivity contribution in [2.24, 2.45) is 0 Å². The molecule has 214 valence electrons. The first kappa shape index (κ1) is 27.7. The van der Waals surface area contributed by atoms with Crippen LogP contribution in [0.15, 0.2) is 71.8 Å². The monoisotopic (exact) mass is 609 g/mol. The first-order chi connectivity index (χ1) is 20.9. The summed E-state index contributed by atoms with van der Waals surface area (Å²) in [6, 6.07) is 17.7. The fourth-order valence-electron chi connectivity index (χ4n) is 5.91. The van der Waals surface area contributed by atoms with E-state index >= 15 is 0 Å². The lowest BCUT2D eigenvalue weighted by molar-refractivity contribution is -0.0448. The molecule has 0 radical (unpaired) electrons. The van der Waals surface area contributed by atoms with Crippen LogP contribution < -0.4 is 5.56 Å². The summed E-state index contributed by atoms with van der Waals surface area (Å²) in [6.07, 6.45) is 6.78. The summed E-state index contributed by atoms with van der Waals surface area (Å²) < 4.78 is 12.7. The normalized spacial score (nSPS) is 15.8. The Morgan fingerprint density at radius 1 is 0.953 bits per heavy atom. The van der Waals surface area contributed by atoms with Gasteiger partial charge in [0.15, 0.2) is 12.6 Å². The number of allylic oxidation sites excluding steroid dienone is 1. The topological polar surface area (TPSA) is 82.8 Å². The number of rotatable bonds is 5. The average Bonchev–Trinajstić information content (AvgIpc) is 3.70. The molecular weight excluding hydrogens is 585 g/mol. The number of pyridine rings is 2. The van der Waals surface area contributed by atoms with Gasteiger partial charge in [-0.25, -0.2) is 4.98 Å². The van der Waals surface area contributed by atoms with Gasteiger partial charge in [0.05, 0.1) is 34.5 Å². The molecule has 3 aromatic heterocycles. The number of nitrogens with zero attached hydrogens (tertiary/aromatic N) is 3. The SMILES string of the molecule is Cc1nc(/C=C2\CCc3c2cccc3-c2cccc(-c3ccn4c(=O)c(C=O)cnc4c3)c2Cl)c(Cl)cc1C1OCCO1. The summed E-state index contributed by atoms with van der Waals surface area (Å²) in [6.45, 7) is 3.06. The van der Waals surface area contributed by atoms with Gasteiger partial charge in [-0.1, -0.05) is 59.6 Å². The zero-order valence-corrected chi connectivity index (χ0v) is 24.7. The number of benzene rings is 2. The number of carbonyl (C=O) groups is 1. The van der Waals surface area contributed by atoms with E-state index in [2.05, 4.69) is 23.2 Å². The highest BCUT2D eigenvalue weighted by Crippen LogP contribution is 2.44. The highest BCUT2D eigenvalue weighted by Gasteiger charge is 2.25. The van der Waals surface area contributed by atoms with Gasteiger partial charge in [-0.05, 0) is 71.9 Å². The Balaban J connectivity index is 1.26. The van der Waals surface area contributed by atoms with Gasteiger partial charge < -0.3 is 9.47 Å². The van der Waals surface area contributed by atoms with Gasteiger partial charge in [0.1, 0.15) is 5.65 Å². The molecule has 7 rings (SSSR count). The number of halogens is 2. The molecule has 4 heterocycles. The Bertz CT molecular complexity index is 2030. The number of aldehydes is 1. The van der Waals surface area contributed by atoms with Crippen LogP contribution in [-0.2, 0) is 15.9 Å². The molecular formula is C34H25Cl2N3O4. The van der Waals surface area contributed by atoms with Crippen molar-refractivity contribution in [1.82, 2.24) is 14.4 Å². The highest BCUT2D eigenvalue weighted by molar-refractivity contribution is 6.36. The summed E-state index contributed by atoms with van der Waals surface area (Å²) in [5.74, 6) is 0. The summed E-state index contributed by atoms with van der Waals surface area (Å²) in [4.78, 5) is 32.8. The Kier molecular flexibility index (Phi) is 7.19. The summed E-state index contributed by atoms with van der Waals surface area (Å²) >= 11 is 13.8. The molecule has 1 aliphatic carbocycles.